The van der Waals surface area contributed by atoms with Gasteiger partial charge in [-0.15, -0.1) is 0 Å². The minimum Gasteiger partial charge on any atom is -0.381 e. The van der Waals surface area contributed by atoms with Gasteiger partial charge < -0.3 is 19.7 Å². The molecular weight excluding hydrogens is 415 g/mol. The number of nitrogens with one attached hydrogen (secondary N) is 1. The molecule has 0 aliphatic carbocycles. The summed E-state index contributed by atoms with van der Waals surface area (Å²) in [5, 5.41) is 7.50. The molecule has 10 heteroatoms. The van der Waals surface area contributed by atoms with Gasteiger partial charge in [0, 0.05) is 42.9 Å². The predicted molar refractivity (Wildman–Crippen MR) is 115 cm³/mol. The van der Waals surface area contributed by atoms with Gasteiger partial charge in [0.2, 0.25) is 5.95 Å². The van der Waals surface area contributed by atoms with Crippen LogP contribution < -0.4 is 10.2 Å². The monoisotopic (exact) mass is 438 g/mol. The molecule has 1 amide bonds. The van der Waals surface area contributed by atoms with Crippen LogP contribution in [0.4, 0.5) is 21.7 Å². The first-order valence-electron chi connectivity index (χ1n) is 10.6. The second-order valence-corrected chi connectivity index (χ2v) is 7.71. The lowest BCUT2D eigenvalue weighted by Gasteiger charge is -2.26. The molecule has 0 saturated carbocycles. The molecule has 4 heterocycles. The predicted octanol–water partition coefficient (Wildman–Crippen LogP) is 2.94. The van der Waals surface area contributed by atoms with E-state index in [9.17, 15) is 9.18 Å². The van der Waals surface area contributed by atoms with Crippen molar-refractivity contribution < 1.29 is 18.7 Å². The number of anilines is 3. The molecule has 2 aliphatic heterocycles. The Hall–Kier alpha value is -3.37. The maximum atomic E-state index is 14.5. The number of nitrogens with zero attached hydrogens (tertiary/aromatic N) is 5. The summed E-state index contributed by atoms with van der Waals surface area (Å²) in [6.07, 6.45) is 6.35. The van der Waals surface area contributed by atoms with Crippen molar-refractivity contribution in [2.45, 2.75) is 18.9 Å². The lowest BCUT2D eigenvalue weighted by atomic mass is 10.1. The molecule has 9 nitrogen and oxygen atoms in total. The van der Waals surface area contributed by atoms with E-state index in [1.54, 1.807) is 11.1 Å². The normalized spacial score (nSPS) is 17.5. The number of hydrogen-bond acceptors (Lipinski definition) is 7. The average Bonchev–Trinajstić information content (AvgIpc) is 3.32. The second-order valence-electron chi connectivity index (χ2n) is 7.71. The van der Waals surface area contributed by atoms with Gasteiger partial charge in [-0.25, -0.2) is 14.4 Å². The smallest absolute Gasteiger partial charge is 0.253 e. The SMILES string of the molecule is O=C1COCCN1c1ccc(Nc2ncc(F)c(-c3cnn(C4CCOCC4)c3)n2)cc1. The molecule has 1 N–H and O–H groups in total. The van der Waals surface area contributed by atoms with Gasteiger partial charge in [0.25, 0.3) is 5.91 Å². The highest BCUT2D eigenvalue weighted by Gasteiger charge is 2.21. The highest BCUT2D eigenvalue weighted by Crippen LogP contribution is 2.26. The lowest BCUT2D eigenvalue weighted by molar-refractivity contribution is -0.125. The number of rotatable bonds is 5. The first kappa shape index (κ1) is 20.5. The van der Waals surface area contributed by atoms with E-state index in [2.05, 4.69) is 20.4 Å². The van der Waals surface area contributed by atoms with Gasteiger partial charge in [-0.3, -0.25) is 9.48 Å². The fraction of sp³-hybridized carbons (Fsp3) is 0.364. The van der Waals surface area contributed by atoms with E-state index in [1.165, 1.54) is 0 Å². The molecule has 2 aliphatic rings. The Balaban J connectivity index is 1.32. The average molecular weight is 438 g/mol. The number of halogens is 1. The molecule has 0 unspecified atom stereocenters. The molecule has 0 radical (unpaired) electrons. The van der Waals surface area contributed by atoms with Gasteiger partial charge in [0.05, 0.1) is 25.0 Å². The van der Waals surface area contributed by atoms with Gasteiger partial charge >= 0.3 is 0 Å². The van der Waals surface area contributed by atoms with Crippen molar-refractivity contribution in [3.05, 3.63) is 48.7 Å². The number of ether oxygens (including phenoxy) is 2. The minimum absolute atomic E-state index is 0.0650. The third-order valence-electron chi connectivity index (χ3n) is 5.60. The highest BCUT2D eigenvalue weighted by molar-refractivity contribution is 5.95. The number of benzene rings is 1. The summed E-state index contributed by atoms with van der Waals surface area (Å²) >= 11 is 0. The largest absolute Gasteiger partial charge is 0.381 e. The Bertz CT molecular complexity index is 1100. The molecular formula is C22H23FN6O3. The second kappa shape index (κ2) is 9.01. The van der Waals surface area contributed by atoms with Crippen LogP contribution >= 0.6 is 0 Å². The Morgan fingerprint density at radius 2 is 1.88 bits per heavy atom. The van der Waals surface area contributed by atoms with Gasteiger partial charge in [-0.1, -0.05) is 0 Å². The van der Waals surface area contributed by atoms with Crippen molar-refractivity contribution in [3.63, 3.8) is 0 Å². The van der Waals surface area contributed by atoms with E-state index < -0.39 is 5.82 Å². The van der Waals surface area contributed by atoms with Crippen molar-refractivity contribution in [1.29, 1.82) is 0 Å². The molecule has 2 fully saturated rings. The molecule has 2 aromatic heterocycles. The van der Waals surface area contributed by atoms with E-state index in [1.807, 2.05) is 35.1 Å². The van der Waals surface area contributed by atoms with Crippen LogP contribution in [0.15, 0.2) is 42.9 Å². The summed E-state index contributed by atoms with van der Waals surface area (Å²) in [6.45, 7) is 2.54. The number of amides is 1. The molecule has 166 valence electrons. The number of aromatic nitrogens is 4. The number of hydrogen-bond donors (Lipinski definition) is 1. The quantitative estimate of drug-likeness (QED) is 0.655. The van der Waals surface area contributed by atoms with Gasteiger partial charge in [-0.2, -0.15) is 5.10 Å². The Labute approximate surface area is 184 Å². The zero-order chi connectivity index (χ0) is 21.9. The summed E-state index contributed by atoms with van der Waals surface area (Å²) in [6, 6.07) is 7.58. The van der Waals surface area contributed by atoms with Crippen LogP contribution in [-0.4, -0.2) is 58.6 Å². The number of morpholine rings is 1. The number of carbonyl (C=O) groups is 1. The van der Waals surface area contributed by atoms with Crippen molar-refractivity contribution in [2.24, 2.45) is 0 Å². The Morgan fingerprint density at radius 3 is 2.66 bits per heavy atom. The summed E-state index contributed by atoms with van der Waals surface area (Å²) in [5.41, 5.74) is 2.31. The summed E-state index contributed by atoms with van der Waals surface area (Å²) in [7, 11) is 0. The van der Waals surface area contributed by atoms with Crippen molar-refractivity contribution in [2.75, 3.05) is 43.2 Å². The minimum atomic E-state index is -0.511. The van der Waals surface area contributed by atoms with Crippen molar-refractivity contribution in [3.8, 4) is 11.3 Å². The summed E-state index contributed by atoms with van der Waals surface area (Å²) < 4.78 is 26.9. The van der Waals surface area contributed by atoms with Crippen LogP contribution in [-0.2, 0) is 14.3 Å². The van der Waals surface area contributed by atoms with E-state index in [4.69, 9.17) is 9.47 Å². The molecule has 32 heavy (non-hydrogen) atoms. The molecule has 3 aromatic rings. The first-order chi connectivity index (χ1) is 15.7. The van der Waals surface area contributed by atoms with Crippen molar-refractivity contribution in [1.82, 2.24) is 19.7 Å². The van der Waals surface area contributed by atoms with Gasteiger partial charge in [0.15, 0.2) is 5.82 Å². The zero-order valence-corrected chi connectivity index (χ0v) is 17.4. The maximum Gasteiger partial charge on any atom is 0.253 e. The Kier molecular flexibility index (Phi) is 5.78. The summed E-state index contributed by atoms with van der Waals surface area (Å²) in [4.78, 5) is 22.1. The third-order valence-corrected chi connectivity index (χ3v) is 5.60. The van der Waals surface area contributed by atoms with Crippen LogP contribution in [0, 0.1) is 5.82 Å². The molecule has 5 rings (SSSR count). The molecule has 1 aromatic carbocycles. The fourth-order valence-electron chi connectivity index (χ4n) is 3.88. The van der Waals surface area contributed by atoms with E-state index in [0.29, 0.717) is 31.9 Å². The summed E-state index contributed by atoms with van der Waals surface area (Å²) in [5.74, 6) is -0.302. The van der Waals surface area contributed by atoms with Crippen LogP contribution in [0.5, 0.6) is 0 Å². The fourth-order valence-corrected chi connectivity index (χ4v) is 3.88. The molecule has 2 saturated heterocycles. The Morgan fingerprint density at radius 1 is 1.06 bits per heavy atom. The lowest BCUT2D eigenvalue weighted by Crippen LogP contribution is -2.41. The van der Waals surface area contributed by atoms with E-state index >= 15 is 0 Å². The standard InChI is InChI=1S/C22H23FN6O3/c23-19-12-24-22(26-16-1-3-17(4-2-16)28-7-10-32-14-20(28)30)27-21(19)15-11-25-29(13-15)18-5-8-31-9-6-18/h1-4,11-13,18H,5-10,14H2,(H,24,26,27). The van der Waals surface area contributed by atoms with Crippen LogP contribution in [0.3, 0.4) is 0 Å². The zero-order valence-electron chi connectivity index (χ0n) is 17.4. The van der Waals surface area contributed by atoms with Gasteiger partial charge in [0.1, 0.15) is 12.3 Å². The molecule has 0 spiro atoms. The third kappa shape index (κ3) is 4.32. The molecule has 0 bridgehead atoms. The van der Waals surface area contributed by atoms with Crippen LogP contribution in [0.1, 0.15) is 18.9 Å². The topological polar surface area (TPSA) is 94.4 Å². The highest BCUT2D eigenvalue weighted by atomic mass is 19.1. The van der Waals surface area contributed by atoms with E-state index in [-0.39, 0.29) is 30.2 Å². The molecule has 0 atom stereocenters. The van der Waals surface area contributed by atoms with Crippen LogP contribution in [0.25, 0.3) is 11.3 Å². The van der Waals surface area contributed by atoms with Gasteiger partial charge in [-0.05, 0) is 37.1 Å². The van der Waals surface area contributed by atoms with E-state index in [0.717, 1.165) is 30.4 Å². The number of carbonyl (C=O) groups excluding carboxylic acids is 1. The maximum absolute atomic E-state index is 14.5. The first-order valence-corrected chi connectivity index (χ1v) is 10.6. The van der Waals surface area contributed by atoms with Crippen LogP contribution in [0.2, 0.25) is 0 Å². The van der Waals surface area contributed by atoms with Crippen molar-refractivity contribution >= 4 is 23.2 Å².